The van der Waals surface area contributed by atoms with Crippen LogP contribution in [0.15, 0.2) is 36.4 Å². The minimum atomic E-state index is 0.190. The number of aromatic nitrogens is 2. The average Bonchev–Trinajstić information content (AvgIpc) is 2.77. The summed E-state index contributed by atoms with van der Waals surface area (Å²) < 4.78 is 1.87. The molecule has 1 heterocycles. The first kappa shape index (κ1) is 12.6. The Balaban J connectivity index is 1.99. The van der Waals surface area contributed by atoms with Crippen molar-refractivity contribution >= 4 is 5.78 Å². The summed E-state index contributed by atoms with van der Waals surface area (Å²) in [4.78, 5) is 12.0. The van der Waals surface area contributed by atoms with Gasteiger partial charge < -0.3 is 0 Å². The topological polar surface area (TPSA) is 34.9 Å². The highest BCUT2D eigenvalue weighted by Crippen LogP contribution is 2.10. The number of benzene rings is 1. The van der Waals surface area contributed by atoms with E-state index in [4.69, 9.17) is 0 Å². The van der Waals surface area contributed by atoms with Crippen molar-refractivity contribution in [3.05, 3.63) is 53.3 Å². The Hall–Kier alpha value is -1.90. The highest BCUT2D eigenvalue weighted by atomic mass is 16.1. The van der Waals surface area contributed by atoms with Gasteiger partial charge in [0.05, 0.1) is 5.69 Å². The molecule has 94 valence electrons. The largest absolute Gasteiger partial charge is 0.294 e. The Morgan fingerprint density at radius 3 is 2.61 bits per heavy atom. The van der Waals surface area contributed by atoms with Crippen LogP contribution < -0.4 is 0 Å². The summed E-state index contributed by atoms with van der Waals surface area (Å²) in [5, 5.41) is 4.39. The van der Waals surface area contributed by atoms with Crippen molar-refractivity contribution in [1.82, 2.24) is 9.78 Å². The fourth-order valence-corrected chi connectivity index (χ4v) is 1.99. The van der Waals surface area contributed by atoms with E-state index in [-0.39, 0.29) is 5.78 Å². The van der Waals surface area contributed by atoms with Gasteiger partial charge in [0.15, 0.2) is 5.78 Å². The Labute approximate surface area is 107 Å². The van der Waals surface area contributed by atoms with Crippen LogP contribution in [0, 0.1) is 0 Å². The molecule has 0 bridgehead atoms. The van der Waals surface area contributed by atoms with Crippen molar-refractivity contribution in [3.8, 4) is 0 Å². The van der Waals surface area contributed by atoms with Crippen LogP contribution in [0.1, 0.15) is 35.1 Å². The van der Waals surface area contributed by atoms with E-state index in [1.165, 1.54) is 0 Å². The average molecular weight is 242 g/mol. The number of Topliss-reactive ketones (excluding diaryl/α,β-unsaturated/α-hetero) is 1. The zero-order valence-corrected chi connectivity index (χ0v) is 10.9. The predicted molar refractivity (Wildman–Crippen MR) is 71.7 cm³/mol. The summed E-state index contributed by atoms with van der Waals surface area (Å²) in [5.74, 6) is 0.190. The second-order valence-electron chi connectivity index (χ2n) is 4.39. The van der Waals surface area contributed by atoms with Gasteiger partial charge in [0.25, 0.3) is 0 Å². The molecule has 0 aliphatic heterocycles. The first-order valence-corrected chi connectivity index (χ1v) is 6.30. The Kier molecular flexibility index (Phi) is 3.92. The monoisotopic (exact) mass is 242 g/mol. The second kappa shape index (κ2) is 5.63. The number of hydrogen-bond donors (Lipinski definition) is 0. The molecular formula is C15H18N2O. The lowest BCUT2D eigenvalue weighted by atomic mass is 10.1. The molecule has 0 atom stereocenters. The van der Waals surface area contributed by atoms with E-state index in [2.05, 4.69) is 18.1 Å². The minimum absolute atomic E-state index is 0.190. The minimum Gasteiger partial charge on any atom is -0.294 e. The summed E-state index contributed by atoms with van der Waals surface area (Å²) in [6, 6.07) is 11.5. The summed E-state index contributed by atoms with van der Waals surface area (Å²) in [6.45, 7) is 2.08. The number of ketones is 1. The standard InChI is InChI=1S/C15H18N2O/c1-3-13-11-14(17(2)16-13)9-10-15(18)12-7-5-4-6-8-12/h4-8,11H,3,9-10H2,1-2H3. The highest BCUT2D eigenvalue weighted by molar-refractivity contribution is 5.96. The van der Waals surface area contributed by atoms with Gasteiger partial charge in [0.1, 0.15) is 0 Å². The maximum absolute atomic E-state index is 12.0. The number of nitrogens with zero attached hydrogens (tertiary/aromatic N) is 2. The van der Waals surface area contributed by atoms with E-state index < -0.39 is 0 Å². The fourth-order valence-electron chi connectivity index (χ4n) is 1.99. The lowest BCUT2D eigenvalue weighted by Crippen LogP contribution is -2.04. The third kappa shape index (κ3) is 2.86. The third-order valence-electron chi connectivity index (χ3n) is 3.09. The van der Waals surface area contributed by atoms with Gasteiger partial charge in [-0.15, -0.1) is 0 Å². The number of aryl methyl sites for hydroxylation is 3. The summed E-state index contributed by atoms with van der Waals surface area (Å²) in [5.41, 5.74) is 2.99. The molecule has 1 aromatic heterocycles. The van der Waals surface area contributed by atoms with Crippen LogP contribution in [0.4, 0.5) is 0 Å². The molecule has 0 saturated heterocycles. The molecule has 0 fully saturated rings. The van der Waals surface area contributed by atoms with Crippen molar-refractivity contribution < 1.29 is 4.79 Å². The number of carbonyl (C=O) groups is 1. The molecule has 2 rings (SSSR count). The van der Waals surface area contributed by atoms with Crippen LogP contribution >= 0.6 is 0 Å². The third-order valence-corrected chi connectivity index (χ3v) is 3.09. The highest BCUT2D eigenvalue weighted by Gasteiger charge is 2.08. The molecule has 3 nitrogen and oxygen atoms in total. The SMILES string of the molecule is CCc1cc(CCC(=O)c2ccccc2)n(C)n1. The fraction of sp³-hybridized carbons (Fsp3) is 0.333. The van der Waals surface area contributed by atoms with Crippen molar-refractivity contribution in [2.24, 2.45) is 7.05 Å². The van der Waals surface area contributed by atoms with Gasteiger partial charge in [0.2, 0.25) is 0 Å². The van der Waals surface area contributed by atoms with Gasteiger partial charge in [-0.05, 0) is 18.9 Å². The Bertz CT molecular complexity index is 529. The van der Waals surface area contributed by atoms with E-state index in [9.17, 15) is 4.79 Å². The van der Waals surface area contributed by atoms with E-state index in [0.717, 1.165) is 29.8 Å². The maximum Gasteiger partial charge on any atom is 0.163 e. The van der Waals surface area contributed by atoms with Crippen LogP contribution in [0.3, 0.4) is 0 Å². The van der Waals surface area contributed by atoms with Gasteiger partial charge in [-0.2, -0.15) is 5.10 Å². The molecular weight excluding hydrogens is 224 g/mol. The van der Waals surface area contributed by atoms with Crippen molar-refractivity contribution in [2.75, 3.05) is 0 Å². The van der Waals surface area contributed by atoms with Gasteiger partial charge in [-0.3, -0.25) is 9.48 Å². The molecule has 0 spiro atoms. The first-order valence-electron chi connectivity index (χ1n) is 6.30. The van der Waals surface area contributed by atoms with E-state index in [0.29, 0.717) is 6.42 Å². The van der Waals surface area contributed by atoms with Gasteiger partial charge in [0, 0.05) is 24.7 Å². The molecule has 0 unspecified atom stereocenters. The molecule has 0 N–H and O–H groups in total. The van der Waals surface area contributed by atoms with E-state index in [1.54, 1.807) is 0 Å². The summed E-state index contributed by atoms with van der Waals surface area (Å²) in [7, 11) is 1.93. The molecule has 0 aliphatic rings. The number of rotatable bonds is 5. The normalized spacial score (nSPS) is 10.6. The molecule has 1 aromatic carbocycles. The van der Waals surface area contributed by atoms with Crippen LogP contribution in [0.25, 0.3) is 0 Å². The molecule has 0 radical (unpaired) electrons. The second-order valence-corrected chi connectivity index (χ2v) is 4.39. The van der Waals surface area contributed by atoms with E-state index >= 15 is 0 Å². The van der Waals surface area contributed by atoms with Crippen LogP contribution in [0.5, 0.6) is 0 Å². The quantitative estimate of drug-likeness (QED) is 0.756. The summed E-state index contributed by atoms with van der Waals surface area (Å²) >= 11 is 0. The maximum atomic E-state index is 12.0. The van der Waals surface area contributed by atoms with Gasteiger partial charge in [-0.25, -0.2) is 0 Å². The smallest absolute Gasteiger partial charge is 0.163 e. The zero-order valence-electron chi connectivity index (χ0n) is 10.9. The zero-order chi connectivity index (χ0) is 13.0. The van der Waals surface area contributed by atoms with Crippen LogP contribution in [0.2, 0.25) is 0 Å². The predicted octanol–water partition coefficient (Wildman–Crippen LogP) is 2.80. The van der Waals surface area contributed by atoms with Crippen molar-refractivity contribution in [3.63, 3.8) is 0 Å². The summed E-state index contributed by atoms with van der Waals surface area (Å²) in [6.07, 6.45) is 2.21. The molecule has 0 amide bonds. The van der Waals surface area contributed by atoms with Crippen molar-refractivity contribution in [2.45, 2.75) is 26.2 Å². The molecule has 3 heteroatoms. The molecule has 18 heavy (non-hydrogen) atoms. The molecule has 0 aliphatic carbocycles. The van der Waals surface area contributed by atoms with Gasteiger partial charge in [-0.1, -0.05) is 37.3 Å². The lowest BCUT2D eigenvalue weighted by molar-refractivity contribution is 0.0982. The Morgan fingerprint density at radius 2 is 2.00 bits per heavy atom. The first-order chi connectivity index (χ1) is 8.70. The molecule has 2 aromatic rings. The molecule has 0 saturated carbocycles. The lowest BCUT2D eigenvalue weighted by Gasteiger charge is -2.01. The van der Waals surface area contributed by atoms with Gasteiger partial charge >= 0.3 is 0 Å². The van der Waals surface area contributed by atoms with Crippen LogP contribution in [-0.4, -0.2) is 15.6 Å². The van der Waals surface area contributed by atoms with E-state index in [1.807, 2.05) is 42.1 Å². The van der Waals surface area contributed by atoms with Crippen LogP contribution in [-0.2, 0) is 19.9 Å². The number of carbonyl (C=O) groups excluding carboxylic acids is 1. The number of hydrogen-bond acceptors (Lipinski definition) is 2. The van der Waals surface area contributed by atoms with Crippen molar-refractivity contribution in [1.29, 1.82) is 0 Å². The Morgan fingerprint density at radius 1 is 1.28 bits per heavy atom.